The second kappa shape index (κ2) is 3.99. The first kappa shape index (κ1) is 10.1. The lowest BCUT2D eigenvalue weighted by molar-refractivity contribution is 0.0436. The molecule has 1 fully saturated rings. The molecule has 14 heavy (non-hydrogen) atoms. The third kappa shape index (κ3) is 2.15. The van der Waals surface area contributed by atoms with Crippen molar-refractivity contribution in [2.24, 2.45) is 5.92 Å². The normalized spacial score (nSPS) is 32.3. The lowest BCUT2D eigenvalue weighted by Crippen LogP contribution is -2.27. The Hall–Kier alpha value is -0.410. The van der Waals surface area contributed by atoms with Crippen molar-refractivity contribution in [3.8, 4) is 0 Å². The van der Waals surface area contributed by atoms with Gasteiger partial charge in [0.2, 0.25) is 0 Å². The lowest BCUT2D eigenvalue weighted by atomic mass is 9.96. The third-order valence-corrected chi connectivity index (χ3v) is 4.01. The summed E-state index contributed by atoms with van der Waals surface area (Å²) in [6.45, 7) is 2.21. The van der Waals surface area contributed by atoms with Crippen molar-refractivity contribution in [3.63, 3.8) is 0 Å². The topological polar surface area (TPSA) is 33.1 Å². The van der Waals surface area contributed by atoms with Crippen LogP contribution in [0.4, 0.5) is 0 Å². The van der Waals surface area contributed by atoms with E-state index in [4.69, 9.17) is 0 Å². The van der Waals surface area contributed by atoms with Gasteiger partial charge < -0.3 is 5.11 Å². The molecule has 2 atom stereocenters. The third-order valence-electron chi connectivity index (χ3n) is 3.23. The van der Waals surface area contributed by atoms with E-state index >= 15 is 0 Å². The number of aromatic nitrogens is 1. The smallest absolute Gasteiger partial charge is 0.0953 e. The second-order valence-corrected chi connectivity index (χ2v) is 5.32. The van der Waals surface area contributed by atoms with E-state index < -0.39 is 5.60 Å². The highest BCUT2D eigenvalue weighted by Crippen LogP contribution is 2.38. The van der Waals surface area contributed by atoms with Crippen LogP contribution in [0.3, 0.4) is 0 Å². The van der Waals surface area contributed by atoms with Gasteiger partial charge in [-0.25, -0.2) is 4.98 Å². The molecule has 1 aromatic heterocycles. The van der Waals surface area contributed by atoms with Crippen LogP contribution in [0.25, 0.3) is 0 Å². The molecule has 1 N–H and O–H groups in total. The van der Waals surface area contributed by atoms with Gasteiger partial charge in [-0.05, 0) is 25.2 Å². The summed E-state index contributed by atoms with van der Waals surface area (Å²) in [5.41, 5.74) is -0.460. The number of rotatable bonds is 3. The lowest BCUT2D eigenvalue weighted by Gasteiger charge is -2.21. The molecule has 2 unspecified atom stereocenters. The van der Waals surface area contributed by atoms with Crippen molar-refractivity contribution in [2.45, 2.75) is 44.6 Å². The highest BCUT2D eigenvalue weighted by Gasteiger charge is 2.36. The molecule has 0 spiro atoms. The SMILES string of the molecule is CCC1CCC(O)(Cc2nccs2)C1. The van der Waals surface area contributed by atoms with Crippen LogP contribution in [0, 0.1) is 5.92 Å². The Labute approximate surface area is 89.0 Å². The Morgan fingerprint density at radius 3 is 3.14 bits per heavy atom. The summed E-state index contributed by atoms with van der Waals surface area (Å²) in [5, 5.41) is 13.4. The Morgan fingerprint density at radius 2 is 2.57 bits per heavy atom. The zero-order valence-corrected chi connectivity index (χ0v) is 9.39. The van der Waals surface area contributed by atoms with Crippen LogP contribution in [0.1, 0.15) is 37.6 Å². The predicted octanol–water partition coefficient (Wildman–Crippen LogP) is 2.63. The summed E-state index contributed by atoms with van der Waals surface area (Å²) in [5.74, 6) is 0.722. The Bertz CT molecular complexity index is 285. The van der Waals surface area contributed by atoms with E-state index in [-0.39, 0.29) is 0 Å². The van der Waals surface area contributed by atoms with E-state index in [0.717, 1.165) is 30.2 Å². The predicted molar refractivity (Wildman–Crippen MR) is 58.4 cm³/mol. The van der Waals surface area contributed by atoms with E-state index in [1.807, 2.05) is 11.6 Å². The van der Waals surface area contributed by atoms with Crippen LogP contribution in [0.5, 0.6) is 0 Å². The van der Waals surface area contributed by atoms with Crippen LogP contribution < -0.4 is 0 Å². The average Bonchev–Trinajstić information content (AvgIpc) is 2.76. The Kier molecular flexibility index (Phi) is 2.88. The minimum absolute atomic E-state index is 0.460. The molecule has 1 aromatic rings. The van der Waals surface area contributed by atoms with E-state index in [2.05, 4.69) is 11.9 Å². The first-order chi connectivity index (χ1) is 6.72. The molecule has 1 aliphatic rings. The molecule has 1 saturated carbocycles. The molecule has 0 aromatic carbocycles. The molecule has 2 nitrogen and oxygen atoms in total. The van der Waals surface area contributed by atoms with Gasteiger partial charge in [0.1, 0.15) is 0 Å². The van der Waals surface area contributed by atoms with Crippen molar-refractivity contribution < 1.29 is 5.11 Å². The van der Waals surface area contributed by atoms with Gasteiger partial charge in [-0.2, -0.15) is 0 Å². The zero-order chi connectivity index (χ0) is 10.0. The fraction of sp³-hybridized carbons (Fsp3) is 0.727. The van der Waals surface area contributed by atoms with Gasteiger partial charge in [-0.1, -0.05) is 13.3 Å². The van der Waals surface area contributed by atoms with Crippen LogP contribution in [-0.4, -0.2) is 15.7 Å². The van der Waals surface area contributed by atoms with E-state index in [9.17, 15) is 5.11 Å². The molecule has 3 heteroatoms. The molecule has 0 bridgehead atoms. The maximum Gasteiger partial charge on any atom is 0.0953 e. The fourth-order valence-electron chi connectivity index (χ4n) is 2.35. The summed E-state index contributed by atoms with van der Waals surface area (Å²) < 4.78 is 0. The quantitative estimate of drug-likeness (QED) is 0.833. The van der Waals surface area contributed by atoms with E-state index in [0.29, 0.717) is 0 Å². The molecule has 1 heterocycles. The van der Waals surface area contributed by atoms with Crippen molar-refractivity contribution in [1.82, 2.24) is 4.98 Å². The first-order valence-corrected chi connectivity index (χ1v) is 6.20. The van der Waals surface area contributed by atoms with Crippen molar-refractivity contribution in [1.29, 1.82) is 0 Å². The van der Waals surface area contributed by atoms with E-state index in [1.165, 1.54) is 12.8 Å². The zero-order valence-electron chi connectivity index (χ0n) is 8.57. The number of hydrogen-bond acceptors (Lipinski definition) is 3. The minimum atomic E-state index is -0.460. The number of aliphatic hydroxyl groups is 1. The molecular formula is C11H17NOS. The molecule has 1 aliphatic carbocycles. The van der Waals surface area contributed by atoms with Crippen LogP contribution in [-0.2, 0) is 6.42 Å². The molecule has 78 valence electrons. The summed E-state index contributed by atoms with van der Waals surface area (Å²) in [4.78, 5) is 4.23. The average molecular weight is 211 g/mol. The fourth-order valence-corrected chi connectivity index (χ4v) is 3.10. The first-order valence-electron chi connectivity index (χ1n) is 5.32. The van der Waals surface area contributed by atoms with Crippen molar-refractivity contribution >= 4 is 11.3 Å². The van der Waals surface area contributed by atoms with Crippen LogP contribution in [0.15, 0.2) is 11.6 Å². The highest BCUT2D eigenvalue weighted by molar-refractivity contribution is 7.09. The number of nitrogens with zero attached hydrogens (tertiary/aromatic N) is 1. The van der Waals surface area contributed by atoms with Gasteiger partial charge in [-0.3, -0.25) is 0 Å². The van der Waals surface area contributed by atoms with Gasteiger partial charge in [0, 0.05) is 18.0 Å². The maximum atomic E-state index is 10.3. The molecule has 0 radical (unpaired) electrons. The standard InChI is InChI=1S/C11H17NOS/c1-2-9-3-4-11(13,7-9)8-10-12-5-6-14-10/h5-6,9,13H,2-4,7-8H2,1H3. The molecule has 0 saturated heterocycles. The molecule has 2 rings (SSSR count). The Balaban J connectivity index is 1.97. The van der Waals surface area contributed by atoms with Gasteiger partial charge in [0.15, 0.2) is 0 Å². The second-order valence-electron chi connectivity index (χ2n) is 4.34. The largest absolute Gasteiger partial charge is 0.389 e. The van der Waals surface area contributed by atoms with Crippen LogP contribution >= 0.6 is 11.3 Å². The van der Waals surface area contributed by atoms with Crippen LogP contribution in [0.2, 0.25) is 0 Å². The van der Waals surface area contributed by atoms with Gasteiger partial charge in [-0.15, -0.1) is 11.3 Å². The summed E-state index contributed by atoms with van der Waals surface area (Å²) in [6.07, 6.45) is 6.85. The van der Waals surface area contributed by atoms with Gasteiger partial charge >= 0.3 is 0 Å². The van der Waals surface area contributed by atoms with Gasteiger partial charge in [0.05, 0.1) is 10.6 Å². The van der Waals surface area contributed by atoms with E-state index in [1.54, 1.807) is 11.3 Å². The molecular weight excluding hydrogens is 194 g/mol. The monoisotopic (exact) mass is 211 g/mol. The van der Waals surface area contributed by atoms with Crippen molar-refractivity contribution in [3.05, 3.63) is 16.6 Å². The van der Waals surface area contributed by atoms with Gasteiger partial charge in [0.25, 0.3) is 0 Å². The number of hydrogen-bond donors (Lipinski definition) is 1. The van der Waals surface area contributed by atoms with Crippen molar-refractivity contribution in [2.75, 3.05) is 0 Å². The Morgan fingerprint density at radius 1 is 1.71 bits per heavy atom. The summed E-state index contributed by atoms with van der Waals surface area (Å²) in [6, 6.07) is 0. The molecule has 0 amide bonds. The number of thiazole rings is 1. The minimum Gasteiger partial charge on any atom is -0.389 e. The highest BCUT2D eigenvalue weighted by atomic mass is 32.1. The maximum absolute atomic E-state index is 10.3. The molecule has 0 aliphatic heterocycles. The summed E-state index contributed by atoms with van der Waals surface area (Å²) >= 11 is 1.65. The summed E-state index contributed by atoms with van der Waals surface area (Å²) in [7, 11) is 0.